The lowest BCUT2D eigenvalue weighted by Gasteiger charge is -2.31. The third-order valence-corrected chi connectivity index (χ3v) is 3.80. The number of benzene rings is 1. The SMILES string of the molecule is COC(=O)c1cc(OS(=O)(=O)F)cc(N2CCNCC2)c1C. The van der Waals surface area contributed by atoms with E-state index >= 15 is 0 Å². The largest absolute Gasteiger partial charge is 0.488 e. The predicted octanol–water partition coefficient (Wildman–Crippen LogP) is 0.784. The molecule has 0 aromatic heterocycles. The molecule has 1 aliphatic heterocycles. The summed E-state index contributed by atoms with van der Waals surface area (Å²) in [7, 11) is -3.96. The van der Waals surface area contributed by atoms with Crippen molar-refractivity contribution in [1.29, 1.82) is 0 Å². The van der Waals surface area contributed by atoms with Crippen molar-refractivity contribution in [3.05, 3.63) is 23.3 Å². The van der Waals surface area contributed by atoms with Gasteiger partial charge in [0.25, 0.3) is 0 Å². The van der Waals surface area contributed by atoms with Crippen LogP contribution < -0.4 is 14.4 Å². The van der Waals surface area contributed by atoms with Crippen LogP contribution in [0.1, 0.15) is 15.9 Å². The summed E-state index contributed by atoms with van der Waals surface area (Å²) in [4.78, 5) is 13.8. The van der Waals surface area contributed by atoms with E-state index in [0.29, 0.717) is 24.3 Å². The molecule has 7 nitrogen and oxygen atoms in total. The van der Waals surface area contributed by atoms with Gasteiger partial charge in [0.1, 0.15) is 5.75 Å². The second-order valence-corrected chi connectivity index (χ2v) is 5.77. The number of anilines is 1. The van der Waals surface area contributed by atoms with Crippen LogP contribution in [0.3, 0.4) is 0 Å². The van der Waals surface area contributed by atoms with Crippen molar-refractivity contribution in [2.75, 3.05) is 38.2 Å². The molecule has 0 saturated carbocycles. The summed E-state index contributed by atoms with van der Waals surface area (Å²) in [5.41, 5.74) is 1.37. The van der Waals surface area contributed by atoms with E-state index in [1.165, 1.54) is 13.2 Å². The Bertz CT molecular complexity index is 671. The summed E-state index contributed by atoms with van der Waals surface area (Å²) in [6.45, 7) is 4.57. The molecule has 1 aliphatic rings. The Kier molecular flexibility index (Phi) is 4.87. The first-order valence-corrected chi connectivity index (χ1v) is 7.95. The van der Waals surface area contributed by atoms with Gasteiger partial charge in [0.15, 0.2) is 0 Å². The van der Waals surface area contributed by atoms with Crippen LogP contribution >= 0.6 is 0 Å². The maximum absolute atomic E-state index is 12.8. The fraction of sp³-hybridized carbons (Fsp3) is 0.462. The molecule has 1 aromatic carbocycles. The van der Waals surface area contributed by atoms with Gasteiger partial charge in [0.2, 0.25) is 0 Å². The summed E-state index contributed by atoms with van der Waals surface area (Å²) in [6, 6.07) is 2.56. The number of carbonyl (C=O) groups is 1. The minimum absolute atomic E-state index is 0.136. The average Bonchev–Trinajstić information content (AvgIpc) is 2.47. The summed E-state index contributed by atoms with van der Waals surface area (Å²) in [5, 5.41) is 3.18. The maximum Gasteiger partial charge on any atom is 0.488 e. The lowest BCUT2D eigenvalue weighted by Crippen LogP contribution is -2.43. The predicted molar refractivity (Wildman–Crippen MR) is 78.3 cm³/mol. The van der Waals surface area contributed by atoms with Gasteiger partial charge >= 0.3 is 16.5 Å². The molecule has 0 aliphatic carbocycles. The zero-order valence-electron chi connectivity index (χ0n) is 12.3. The van der Waals surface area contributed by atoms with Crippen LogP contribution in [0.5, 0.6) is 5.75 Å². The third kappa shape index (κ3) is 3.86. The highest BCUT2D eigenvalue weighted by Gasteiger charge is 2.22. The van der Waals surface area contributed by atoms with Crippen LogP contribution in [0.15, 0.2) is 12.1 Å². The first-order chi connectivity index (χ1) is 10.3. The van der Waals surface area contributed by atoms with Gasteiger partial charge in [-0.15, -0.1) is 0 Å². The van der Waals surface area contributed by atoms with Gasteiger partial charge in [-0.3, -0.25) is 0 Å². The maximum atomic E-state index is 12.8. The molecular weight excluding hydrogens is 315 g/mol. The van der Waals surface area contributed by atoms with E-state index in [1.54, 1.807) is 6.92 Å². The summed E-state index contributed by atoms with van der Waals surface area (Å²) < 4.78 is 43.1. The third-order valence-electron chi connectivity index (χ3n) is 3.41. The molecule has 9 heteroatoms. The molecule has 0 unspecified atom stereocenters. The number of nitrogens with zero attached hydrogens (tertiary/aromatic N) is 1. The van der Waals surface area contributed by atoms with Gasteiger partial charge in [-0.25, -0.2) is 4.79 Å². The molecule has 0 amide bonds. The number of methoxy groups -OCH3 is 1. The monoisotopic (exact) mass is 332 g/mol. The number of rotatable bonds is 4. The standard InChI is InChI=1S/C13H17FN2O5S/c1-9-11(13(17)20-2)7-10(21-22(14,18)19)8-12(9)16-5-3-15-4-6-16/h7-8,15H,3-6H2,1-2H3. The van der Waals surface area contributed by atoms with E-state index in [4.69, 9.17) is 0 Å². The lowest BCUT2D eigenvalue weighted by molar-refractivity contribution is 0.0599. The highest BCUT2D eigenvalue weighted by atomic mass is 32.3. The van der Waals surface area contributed by atoms with Gasteiger partial charge in [0.05, 0.1) is 12.7 Å². The molecular formula is C13H17FN2O5S. The molecule has 2 rings (SSSR count). The molecule has 0 bridgehead atoms. The van der Waals surface area contributed by atoms with Gasteiger partial charge < -0.3 is 19.1 Å². The zero-order valence-corrected chi connectivity index (χ0v) is 13.1. The van der Waals surface area contributed by atoms with Crippen LogP contribution in [0.4, 0.5) is 9.57 Å². The van der Waals surface area contributed by atoms with E-state index < -0.39 is 16.5 Å². The van der Waals surface area contributed by atoms with Crippen molar-refractivity contribution in [1.82, 2.24) is 5.32 Å². The first kappa shape index (κ1) is 16.5. The number of piperazine rings is 1. The number of ether oxygens (including phenoxy) is 1. The fourth-order valence-electron chi connectivity index (χ4n) is 2.39. The first-order valence-electron chi connectivity index (χ1n) is 6.64. The number of esters is 1. The quantitative estimate of drug-likeness (QED) is 0.644. The Morgan fingerprint density at radius 1 is 1.32 bits per heavy atom. The average molecular weight is 332 g/mol. The molecule has 1 N–H and O–H groups in total. The molecule has 0 radical (unpaired) electrons. The number of halogens is 1. The van der Waals surface area contributed by atoms with Gasteiger partial charge in [-0.2, -0.15) is 8.42 Å². The summed E-state index contributed by atoms with van der Waals surface area (Å²) in [6.07, 6.45) is 0. The van der Waals surface area contributed by atoms with Gasteiger partial charge in [-0.05, 0) is 18.6 Å². The number of nitrogens with one attached hydrogen (secondary N) is 1. The highest BCUT2D eigenvalue weighted by molar-refractivity contribution is 7.81. The van der Waals surface area contributed by atoms with Crippen LogP contribution in [-0.4, -0.2) is 47.7 Å². The van der Waals surface area contributed by atoms with Crippen molar-refractivity contribution >= 4 is 22.2 Å². The van der Waals surface area contributed by atoms with Gasteiger partial charge in [0, 0.05) is 37.9 Å². The fourth-order valence-corrected chi connectivity index (χ4v) is 2.72. The molecule has 1 heterocycles. The van der Waals surface area contributed by atoms with E-state index in [0.717, 1.165) is 19.2 Å². The zero-order chi connectivity index (χ0) is 16.3. The van der Waals surface area contributed by atoms with Crippen LogP contribution in [-0.2, 0) is 15.2 Å². The number of hydrogen-bond donors (Lipinski definition) is 1. The molecule has 1 saturated heterocycles. The lowest BCUT2D eigenvalue weighted by atomic mass is 10.0. The second kappa shape index (κ2) is 6.49. The molecule has 1 aromatic rings. The number of hydrogen-bond acceptors (Lipinski definition) is 7. The molecule has 0 atom stereocenters. The van der Waals surface area contributed by atoms with E-state index in [1.807, 2.05) is 4.90 Å². The summed E-state index contributed by atoms with van der Waals surface area (Å²) >= 11 is 0. The second-order valence-electron chi connectivity index (χ2n) is 4.82. The van der Waals surface area contributed by atoms with Crippen molar-refractivity contribution in [3.63, 3.8) is 0 Å². The van der Waals surface area contributed by atoms with Crippen LogP contribution in [0.2, 0.25) is 0 Å². The van der Waals surface area contributed by atoms with Crippen LogP contribution in [0, 0.1) is 6.92 Å². The van der Waals surface area contributed by atoms with Crippen molar-refractivity contribution in [3.8, 4) is 5.75 Å². The Morgan fingerprint density at radius 3 is 2.50 bits per heavy atom. The molecule has 22 heavy (non-hydrogen) atoms. The molecule has 1 fully saturated rings. The van der Waals surface area contributed by atoms with E-state index in [9.17, 15) is 17.1 Å². The van der Waals surface area contributed by atoms with Gasteiger partial charge in [-0.1, -0.05) is 3.89 Å². The van der Waals surface area contributed by atoms with Crippen LogP contribution in [0.25, 0.3) is 0 Å². The van der Waals surface area contributed by atoms with E-state index in [2.05, 4.69) is 14.2 Å². The minimum Gasteiger partial charge on any atom is -0.465 e. The molecule has 122 valence electrons. The van der Waals surface area contributed by atoms with Crippen molar-refractivity contribution in [2.45, 2.75) is 6.92 Å². The Labute approximate surface area is 128 Å². The van der Waals surface area contributed by atoms with Crippen molar-refractivity contribution < 1.29 is 26.0 Å². The minimum atomic E-state index is -5.17. The highest BCUT2D eigenvalue weighted by Crippen LogP contribution is 2.31. The smallest absolute Gasteiger partial charge is 0.465 e. The van der Waals surface area contributed by atoms with Crippen molar-refractivity contribution in [2.24, 2.45) is 0 Å². The topological polar surface area (TPSA) is 84.9 Å². The Balaban J connectivity index is 2.50. The Hall–Kier alpha value is -1.87. The molecule has 0 spiro atoms. The number of carbonyl (C=O) groups excluding carboxylic acids is 1. The van der Waals surface area contributed by atoms with E-state index in [-0.39, 0.29) is 11.3 Å². The normalized spacial score (nSPS) is 15.5. The summed E-state index contributed by atoms with van der Waals surface area (Å²) in [5.74, 6) is -0.905. The Morgan fingerprint density at radius 2 is 1.95 bits per heavy atom.